The first-order valence-corrected chi connectivity index (χ1v) is 10.8. The first kappa shape index (κ1) is 22.2. The van der Waals surface area contributed by atoms with Gasteiger partial charge in [0.2, 0.25) is 0 Å². The predicted molar refractivity (Wildman–Crippen MR) is 126 cm³/mol. The van der Waals surface area contributed by atoms with Gasteiger partial charge in [0.25, 0.3) is 0 Å². The number of rotatable bonds is 6. The molecule has 1 aliphatic rings. The number of amides is 2. The van der Waals surface area contributed by atoms with Crippen molar-refractivity contribution in [2.75, 3.05) is 41.8 Å². The average Bonchev–Trinajstić information content (AvgIpc) is 3.27. The lowest BCUT2D eigenvalue weighted by Gasteiger charge is -2.27. The molecule has 3 aromatic heterocycles. The van der Waals surface area contributed by atoms with Gasteiger partial charge in [0.15, 0.2) is 22.8 Å². The number of carboxylic acids is 1. The predicted octanol–water partition coefficient (Wildman–Crippen LogP) is 1.85. The molecule has 178 valence electrons. The lowest BCUT2D eigenvalue weighted by molar-refractivity contribution is -0.137. The van der Waals surface area contributed by atoms with Crippen LogP contribution >= 0.6 is 0 Å². The van der Waals surface area contributed by atoms with Crippen LogP contribution in [0.3, 0.4) is 0 Å². The van der Waals surface area contributed by atoms with Crippen molar-refractivity contribution in [3.8, 4) is 11.4 Å². The molecule has 1 saturated heterocycles. The maximum absolute atomic E-state index is 12.3. The van der Waals surface area contributed by atoms with Crippen LogP contribution in [0.5, 0.6) is 0 Å². The number of ether oxygens (including phenoxy) is 1. The average molecular weight is 475 g/mol. The van der Waals surface area contributed by atoms with E-state index in [0.717, 1.165) is 0 Å². The van der Waals surface area contributed by atoms with E-state index in [4.69, 9.17) is 9.72 Å². The molecule has 0 atom stereocenters. The van der Waals surface area contributed by atoms with E-state index in [-0.39, 0.29) is 12.6 Å². The van der Waals surface area contributed by atoms with Gasteiger partial charge in [-0.1, -0.05) is 5.21 Å². The molecule has 0 radical (unpaired) electrons. The lowest BCUT2D eigenvalue weighted by Crippen LogP contribution is -2.37. The minimum absolute atomic E-state index is 0.331. The van der Waals surface area contributed by atoms with Gasteiger partial charge in [-0.3, -0.25) is 9.78 Å². The molecule has 1 aromatic carbocycles. The van der Waals surface area contributed by atoms with Crippen molar-refractivity contribution in [1.82, 2.24) is 29.9 Å². The highest BCUT2D eigenvalue weighted by atomic mass is 16.5. The first-order chi connectivity index (χ1) is 17.1. The van der Waals surface area contributed by atoms with Crippen LogP contribution in [0.25, 0.3) is 22.6 Å². The van der Waals surface area contributed by atoms with Gasteiger partial charge in [-0.15, -0.1) is 5.10 Å². The number of nitrogens with zero attached hydrogens (tertiary/aromatic N) is 7. The first-order valence-electron chi connectivity index (χ1n) is 10.8. The number of aliphatic carboxylic acids is 1. The number of aromatic nitrogens is 6. The number of carbonyl (C=O) groups excluding carboxylic acids is 1. The van der Waals surface area contributed by atoms with Crippen molar-refractivity contribution in [1.29, 1.82) is 0 Å². The van der Waals surface area contributed by atoms with Crippen LogP contribution < -0.4 is 15.5 Å². The number of fused-ring (bicyclic) bond motifs is 1. The molecule has 3 N–H and O–H groups in total. The second kappa shape index (κ2) is 9.69. The molecule has 13 nitrogen and oxygen atoms in total. The summed E-state index contributed by atoms with van der Waals surface area (Å²) in [4.78, 5) is 38.8. The summed E-state index contributed by atoms with van der Waals surface area (Å²) in [6.07, 6.45) is 3.18. The number of carboxylic acid groups (broad SMARTS) is 1. The van der Waals surface area contributed by atoms with Crippen molar-refractivity contribution >= 4 is 40.4 Å². The molecule has 1 fully saturated rings. The van der Waals surface area contributed by atoms with Crippen molar-refractivity contribution in [2.45, 2.75) is 6.54 Å². The standard InChI is InChI=1S/C22H21N9O4/c32-17(33)13-31-21-18(28-29-31)20(30-9-11-35-12-10-30)26-19(27-21)14-1-3-15(4-2-14)24-22(34)25-16-5-7-23-8-6-16/h1-8H,9-13H2,(H,32,33)(H2,23,24,25,34). The number of morpholine rings is 1. The van der Waals surface area contributed by atoms with E-state index in [9.17, 15) is 14.7 Å². The Morgan fingerprint density at radius 2 is 1.66 bits per heavy atom. The third-order valence-corrected chi connectivity index (χ3v) is 5.28. The van der Waals surface area contributed by atoms with Crippen LogP contribution in [0.1, 0.15) is 0 Å². The van der Waals surface area contributed by atoms with E-state index in [1.165, 1.54) is 4.68 Å². The summed E-state index contributed by atoms with van der Waals surface area (Å²) >= 11 is 0. The number of urea groups is 1. The molecule has 0 saturated carbocycles. The molecule has 0 bridgehead atoms. The Bertz CT molecular complexity index is 1350. The van der Waals surface area contributed by atoms with Crippen molar-refractivity contribution in [3.63, 3.8) is 0 Å². The molecule has 35 heavy (non-hydrogen) atoms. The number of pyridine rings is 1. The number of nitrogens with one attached hydrogen (secondary N) is 2. The van der Waals surface area contributed by atoms with Crippen LogP contribution in [0.2, 0.25) is 0 Å². The van der Waals surface area contributed by atoms with E-state index < -0.39 is 5.97 Å². The van der Waals surface area contributed by atoms with Crippen LogP contribution in [0, 0.1) is 0 Å². The molecule has 4 heterocycles. The fraction of sp³-hybridized carbons (Fsp3) is 0.227. The second-order valence-corrected chi connectivity index (χ2v) is 7.68. The zero-order valence-electron chi connectivity index (χ0n) is 18.5. The van der Waals surface area contributed by atoms with Gasteiger partial charge in [-0.05, 0) is 36.4 Å². The summed E-state index contributed by atoms with van der Waals surface area (Å²) in [5.41, 5.74) is 2.65. The molecular formula is C22H21N9O4. The van der Waals surface area contributed by atoms with Crippen molar-refractivity contribution < 1.29 is 19.4 Å². The Balaban J connectivity index is 1.43. The second-order valence-electron chi connectivity index (χ2n) is 7.68. The highest BCUT2D eigenvalue weighted by Gasteiger charge is 2.22. The summed E-state index contributed by atoms with van der Waals surface area (Å²) in [6.45, 7) is 1.96. The largest absolute Gasteiger partial charge is 0.480 e. The van der Waals surface area contributed by atoms with Gasteiger partial charge >= 0.3 is 12.0 Å². The summed E-state index contributed by atoms with van der Waals surface area (Å²) in [6, 6.07) is 10.00. The van der Waals surface area contributed by atoms with Gasteiger partial charge in [0, 0.05) is 42.4 Å². The van der Waals surface area contributed by atoms with Crippen molar-refractivity contribution in [2.24, 2.45) is 0 Å². The quantitative estimate of drug-likeness (QED) is 0.375. The summed E-state index contributed by atoms with van der Waals surface area (Å²) < 4.78 is 6.68. The van der Waals surface area contributed by atoms with E-state index in [2.05, 4.69) is 30.9 Å². The van der Waals surface area contributed by atoms with E-state index in [1.54, 1.807) is 48.8 Å². The molecular weight excluding hydrogens is 454 g/mol. The fourth-order valence-electron chi connectivity index (χ4n) is 3.63. The van der Waals surface area contributed by atoms with E-state index >= 15 is 0 Å². The smallest absolute Gasteiger partial charge is 0.325 e. The number of carbonyl (C=O) groups is 2. The van der Waals surface area contributed by atoms with Crippen LogP contribution in [0.4, 0.5) is 22.0 Å². The van der Waals surface area contributed by atoms with Gasteiger partial charge in [-0.25, -0.2) is 19.4 Å². The van der Waals surface area contributed by atoms with E-state index in [0.29, 0.717) is 66.0 Å². The fourth-order valence-corrected chi connectivity index (χ4v) is 3.63. The third-order valence-electron chi connectivity index (χ3n) is 5.28. The summed E-state index contributed by atoms with van der Waals surface area (Å²) in [7, 11) is 0. The maximum atomic E-state index is 12.3. The Morgan fingerprint density at radius 3 is 2.34 bits per heavy atom. The number of hydrogen-bond donors (Lipinski definition) is 3. The Kier molecular flexibility index (Phi) is 6.13. The van der Waals surface area contributed by atoms with E-state index in [1.807, 2.05) is 4.90 Å². The summed E-state index contributed by atoms with van der Waals surface area (Å²) in [5.74, 6) is -0.0880. The summed E-state index contributed by atoms with van der Waals surface area (Å²) in [5, 5.41) is 22.9. The third kappa shape index (κ3) is 4.99. The molecule has 0 spiro atoms. The van der Waals surface area contributed by atoms with Gasteiger partial charge in [-0.2, -0.15) is 0 Å². The molecule has 1 aliphatic heterocycles. The lowest BCUT2D eigenvalue weighted by atomic mass is 10.2. The minimum atomic E-state index is -1.05. The monoisotopic (exact) mass is 475 g/mol. The minimum Gasteiger partial charge on any atom is -0.480 e. The number of benzene rings is 1. The maximum Gasteiger partial charge on any atom is 0.325 e. The topological polar surface area (TPSA) is 160 Å². The van der Waals surface area contributed by atoms with Gasteiger partial charge in [0.1, 0.15) is 6.54 Å². The molecule has 0 aliphatic carbocycles. The number of hydrogen-bond acceptors (Lipinski definition) is 9. The SMILES string of the molecule is O=C(O)Cn1nnc2c(N3CCOCC3)nc(-c3ccc(NC(=O)Nc4ccncc4)cc3)nc21. The normalized spacial score (nSPS) is 13.5. The molecule has 2 amide bonds. The van der Waals surface area contributed by atoms with Crippen molar-refractivity contribution in [3.05, 3.63) is 48.8 Å². The highest BCUT2D eigenvalue weighted by Crippen LogP contribution is 2.27. The zero-order valence-corrected chi connectivity index (χ0v) is 18.5. The van der Waals surface area contributed by atoms with Crippen LogP contribution in [-0.4, -0.2) is 73.4 Å². The Morgan fingerprint density at radius 1 is 0.971 bits per heavy atom. The molecule has 0 unspecified atom stereocenters. The molecule has 5 rings (SSSR count). The molecule has 13 heteroatoms. The number of anilines is 3. The van der Waals surface area contributed by atoms with Gasteiger partial charge < -0.3 is 25.4 Å². The Labute approximate surface area is 198 Å². The highest BCUT2D eigenvalue weighted by molar-refractivity contribution is 5.99. The zero-order chi connectivity index (χ0) is 24.2. The van der Waals surface area contributed by atoms with Crippen LogP contribution in [-0.2, 0) is 16.1 Å². The van der Waals surface area contributed by atoms with Gasteiger partial charge in [0.05, 0.1) is 13.2 Å². The van der Waals surface area contributed by atoms with Crippen LogP contribution in [0.15, 0.2) is 48.8 Å². The molecule has 4 aromatic rings. The Hall–Kier alpha value is -4.65.